The van der Waals surface area contributed by atoms with E-state index in [1.165, 1.54) is 36.4 Å². The standard InChI is InChI=1S/C14H10O6/c15-9-3-1-7(2-4-9)8-5-10(13(17)18)12(16)11(6-8)14(19)20/h1-6,15-16H,(H,17,18)(H,19,20). The summed E-state index contributed by atoms with van der Waals surface area (Å²) in [6.07, 6.45) is 0. The smallest absolute Gasteiger partial charge is 0.339 e. The number of phenols is 2. The van der Waals surface area contributed by atoms with E-state index in [4.69, 9.17) is 10.2 Å². The minimum absolute atomic E-state index is 0.0319. The average molecular weight is 274 g/mol. The molecular formula is C14H10O6. The summed E-state index contributed by atoms with van der Waals surface area (Å²) >= 11 is 0. The number of phenolic OH excluding ortho intramolecular Hbond substituents is 1. The lowest BCUT2D eigenvalue weighted by atomic mass is 9.98. The number of benzene rings is 2. The van der Waals surface area contributed by atoms with E-state index in [0.717, 1.165) is 0 Å². The Balaban J connectivity index is 2.68. The third-order valence-electron chi connectivity index (χ3n) is 2.77. The van der Waals surface area contributed by atoms with Crippen LogP contribution in [-0.4, -0.2) is 32.4 Å². The lowest BCUT2D eigenvalue weighted by molar-refractivity contribution is 0.0691. The molecule has 0 heterocycles. The van der Waals surface area contributed by atoms with Gasteiger partial charge in [0, 0.05) is 0 Å². The van der Waals surface area contributed by atoms with Crippen LogP contribution in [0, 0.1) is 0 Å². The molecule has 0 saturated heterocycles. The van der Waals surface area contributed by atoms with Gasteiger partial charge in [-0.1, -0.05) is 12.1 Å². The van der Waals surface area contributed by atoms with Crippen molar-refractivity contribution in [1.29, 1.82) is 0 Å². The topological polar surface area (TPSA) is 115 Å². The minimum atomic E-state index is -1.43. The van der Waals surface area contributed by atoms with Crippen LogP contribution >= 0.6 is 0 Å². The Labute approximate surface area is 113 Å². The number of rotatable bonds is 3. The molecule has 4 N–H and O–H groups in total. The van der Waals surface area contributed by atoms with E-state index in [1.807, 2.05) is 0 Å². The van der Waals surface area contributed by atoms with Gasteiger partial charge in [0.05, 0.1) is 0 Å². The molecule has 0 unspecified atom stereocenters. The van der Waals surface area contributed by atoms with Gasteiger partial charge in [0.1, 0.15) is 22.6 Å². The fourth-order valence-corrected chi connectivity index (χ4v) is 1.78. The van der Waals surface area contributed by atoms with E-state index in [1.54, 1.807) is 0 Å². The van der Waals surface area contributed by atoms with Gasteiger partial charge in [0.25, 0.3) is 0 Å². The predicted octanol–water partition coefficient (Wildman–Crippen LogP) is 2.16. The maximum absolute atomic E-state index is 11.0. The molecule has 0 bridgehead atoms. The molecule has 6 nitrogen and oxygen atoms in total. The Hall–Kier alpha value is -3.02. The molecule has 0 aromatic heterocycles. The van der Waals surface area contributed by atoms with Crippen molar-refractivity contribution in [2.75, 3.05) is 0 Å². The first-order valence-corrected chi connectivity index (χ1v) is 5.53. The van der Waals surface area contributed by atoms with Crippen molar-refractivity contribution in [2.45, 2.75) is 0 Å². The normalized spacial score (nSPS) is 10.2. The minimum Gasteiger partial charge on any atom is -0.508 e. The Morgan fingerprint density at radius 1 is 0.750 bits per heavy atom. The predicted molar refractivity (Wildman–Crippen MR) is 69.1 cm³/mol. The van der Waals surface area contributed by atoms with Gasteiger partial charge in [0.2, 0.25) is 0 Å². The summed E-state index contributed by atoms with van der Waals surface area (Å²) in [5.74, 6) is -3.60. The second kappa shape index (κ2) is 4.93. The number of aromatic hydroxyl groups is 2. The van der Waals surface area contributed by atoms with E-state index < -0.39 is 28.8 Å². The number of aromatic carboxylic acids is 2. The van der Waals surface area contributed by atoms with E-state index in [-0.39, 0.29) is 5.75 Å². The molecular weight excluding hydrogens is 264 g/mol. The Morgan fingerprint density at radius 2 is 1.20 bits per heavy atom. The monoisotopic (exact) mass is 274 g/mol. The summed E-state index contributed by atoms with van der Waals surface area (Å²) in [6.45, 7) is 0. The van der Waals surface area contributed by atoms with Crippen LogP contribution in [0.25, 0.3) is 11.1 Å². The molecule has 2 aromatic carbocycles. The zero-order valence-electron chi connectivity index (χ0n) is 10.1. The first-order chi connectivity index (χ1) is 9.40. The van der Waals surface area contributed by atoms with Gasteiger partial charge in [-0.3, -0.25) is 0 Å². The molecule has 2 rings (SSSR count). The summed E-state index contributed by atoms with van der Waals surface area (Å²) in [4.78, 5) is 22.1. The maximum Gasteiger partial charge on any atom is 0.339 e. The zero-order chi connectivity index (χ0) is 14.9. The van der Waals surface area contributed by atoms with Crippen LogP contribution in [0.15, 0.2) is 36.4 Å². The highest BCUT2D eigenvalue weighted by Gasteiger charge is 2.20. The zero-order valence-corrected chi connectivity index (χ0v) is 10.1. The maximum atomic E-state index is 11.0. The lowest BCUT2D eigenvalue weighted by Crippen LogP contribution is -2.04. The molecule has 2 aromatic rings. The summed E-state index contributed by atoms with van der Waals surface area (Å²) in [5.41, 5.74) is -0.147. The van der Waals surface area contributed by atoms with Crippen LogP contribution in [0.2, 0.25) is 0 Å². The number of hydrogen-bond donors (Lipinski definition) is 4. The van der Waals surface area contributed by atoms with Crippen LogP contribution in [0.5, 0.6) is 11.5 Å². The molecule has 0 atom stereocenters. The van der Waals surface area contributed by atoms with E-state index >= 15 is 0 Å². The number of carboxylic acid groups (broad SMARTS) is 2. The van der Waals surface area contributed by atoms with Gasteiger partial charge < -0.3 is 20.4 Å². The van der Waals surface area contributed by atoms with Crippen LogP contribution in [0.1, 0.15) is 20.7 Å². The third kappa shape index (κ3) is 2.39. The van der Waals surface area contributed by atoms with Crippen LogP contribution in [0.4, 0.5) is 0 Å². The second-order valence-corrected chi connectivity index (χ2v) is 4.08. The average Bonchev–Trinajstić information content (AvgIpc) is 2.39. The van der Waals surface area contributed by atoms with Crippen molar-refractivity contribution in [1.82, 2.24) is 0 Å². The quantitative estimate of drug-likeness (QED) is 0.681. The summed E-state index contributed by atoms with van der Waals surface area (Å²) < 4.78 is 0. The van der Waals surface area contributed by atoms with Crippen molar-refractivity contribution in [3.05, 3.63) is 47.5 Å². The largest absolute Gasteiger partial charge is 0.508 e. The second-order valence-electron chi connectivity index (χ2n) is 4.08. The fraction of sp³-hybridized carbons (Fsp3) is 0. The van der Waals surface area contributed by atoms with E-state index in [0.29, 0.717) is 11.1 Å². The van der Waals surface area contributed by atoms with Crippen LogP contribution in [-0.2, 0) is 0 Å². The van der Waals surface area contributed by atoms with E-state index in [9.17, 15) is 19.8 Å². The molecule has 0 aliphatic rings. The van der Waals surface area contributed by atoms with Crippen molar-refractivity contribution in [3.8, 4) is 22.6 Å². The first-order valence-electron chi connectivity index (χ1n) is 5.53. The van der Waals surface area contributed by atoms with Crippen LogP contribution < -0.4 is 0 Å². The first kappa shape index (κ1) is 13.4. The Kier molecular flexibility index (Phi) is 3.30. The highest BCUT2D eigenvalue weighted by atomic mass is 16.4. The van der Waals surface area contributed by atoms with Crippen molar-refractivity contribution >= 4 is 11.9 Å². The van der Waals surface area contributed by atoms with Crippen molar-refractivity contribution < 1.29 is 30.0 Å². The van der Waals surface area contributed by atoms with Gasteiger partial charge in [-0.2, -0.15) is 0 Å². The third-order valence-corrected chi connectivity index (χ3v) is 2.77. The molecule has 0 spiro atoms. The Bertz CT molecular complexity index is 652. The highest BCUT2D eigenvalue weighted by Crippen LogP contribution is 2.31. The summed E-state index contributed by atoms with van der Waals surface area (Å²) in [7, 11) is 0. The highest BCUT2D eigenvalue weighted by molar-refractivity contribution is 6.00. The van der Waals surface area contributed by atoms with Gasteiger partial charge in [-0.05, 0) is 35.4 Å². The molecule has 0 aliphatic heterocycles. The molecule has 6 heteroatoms. The van der Waals surface area contributed by atoms with Crippen LogP contribution in [0.3, 0.4) is 0 Å². The molecule has 0 saturated carbocycles. The SMILES string of the molecule is O=C(O)c1cc(-c2ccc(O)cc2)cc(C(=O)O)c1O. The molecule has 0 fully saturated rings. The van der Waals surface area contributed by atoms with Crippen molar-refractivity contribution in [3.63, 3.8) is 0 Å². The van der Waals surface area contributed by atoms with E-state index in [2.05, 4.69) is 0 Å². The van der Waals surface area contributed by atoms with Crippen molar-refractivity contribution in [2.24, 2.45) is 0 Å². The summed E-state index contributed by atoms with van der Waals surface area (Å²) in [6, 6.07) is 8.16. The Morgan fingerprint density at radius 3 is 1.60 bits per heavy atom. The van der Waals surface area contributed by atoms with Gasteiger partial charge in [-0.25, -0.2) is 9.59 Å². The lowest BCUT2D eigenvalue weighted by Gasteiger charge is -2.08. The summed E-state index contributed by atoms with van der Waals surface area (Å²) in [5, 5.41) is 36.8. The molecule has 0 amide bonds. The molecule has 102 valence electrons. The fourth-order valence-electron chi connectivity index (χ4n) is 1.78. The number of carbonyl (C=O) groups is 2. The van der Waals surface area contributed by atoms with Gasteiger partial charge in [0.15, 0.2) is 0 Å². The molecule has 0 aliphatic carbocycles. The molecule has 20 heavy (non-hydrogen) atoms. The van der Waals surface area contributed by atoms with Gasteiger partial charge >= 0.3 is 11.9 Å². The number of hydrogen-bond acceptors (Lipinski definition) is 4. The number of carboxylic acids is 2. The molecule has 0 radical (unpaired) electrons. The van der Waals surface area contributed by atoms with Gasteiger partial charge in [-0.15, -0.1) is 0 Å².